The van der Waals surface area contributed by atoms with E-state index in [4.69, 9.17) is 4.74 Å². The minimum absolute atomic E-state index is 0.134. The van der Waals surface area contributed by atoms with Crippen LogP contribution in [0.1, 0.15) is 65.2 Å². The lowest BCUT2D eigenvalue weighted by Crippen LogP contribution is -2.02. The summed E-state index contributed by atoms with van der Waals surface area (Å²) >= 11 is 0. The van der Waals surface area contributed by atoms with E-state index in [1.165, 1.54) is 0 Å². The molecule has 0 aromatic heterocycles. The number of benzene rings is 8. The molecule has 2 aliphatic carbocycles. The molecule has 0 amide bonds. The second kappa shape index (κ2) is 17.8. The summed E-state index contributed by atoms with van der Waals surface area (Å²) in [6.45, 7) is 0. The number of carbonyl (C=O) groups is 4. The average Bonchev–Trinajstić information content (AvgIpc) is 3.86. The highest BCUT2D eigenvalue weighted by Crippen LogP contribution is 2.51. The Morgan fingerprint density at radius 3 is 0.701 bits per heavy atom. The molecule has 320 valence electrons. The molecule has 0 atom stereocenters. The van der Waals surface area contributed by atoms with Gasteiger partial charge in [-0.3, -0.25) is 9.59 Å². The number of hydrogen-bond donors (Lipinski definition) is 2. The van der Waals surface area contributed by atoms with E-state index < -0.39 is 11.9 Å². The van der Waals surface area contributed by atoms with Crippen molar-refractivity contribution in [1.82, 2.24) is 0 Å². The Kier molecular flexibility index (Phi) is 11.1. The molecule has 8 aromatic carbocycles. The Morgan fingerprint density at radius 1 is 0.269 bits per heavy atom. The van der Waals surface area contributed by atoms with Crippen molar-refractivity contribution in [3.8, 4) is 11.5 Å². The number of carboxylic acids is 2. The fraction of sp³-hybridized carbons (Fsp3) is 0. The summed E-state index contributed by atoms with van der Waals surface area (Å²) in [5.74, 6) is -1.25. The van der Waals surface area contributed by atoms with Gasteiger partial charge in [0, 0.05) is 44.6 Å². The highest BCUT2D eigenvalue weighted by atomic mass is 16.5. The molecule has 0 fully saturated rings. The van der Waals surface area contributed by atoms with Gasteiger partial charge in [0.1, 0.15) is 11.5 Å². The molecule has 2 N–H and O–H groups in total. The molecule has 0 heterocycles. The molecule has 0 unspecified atom stereocenters. The first-order valence-electron chi connectivity index (χ1n) is 21.6. The van der Waals surface area contributed by atoms with Crippen LogP contribution in [0, 0.1) is 0 Å². The Morgan fingerprint density at radius 2 is 0.478 bits per heavy atom. The number of hydrogen-bond acceptors (Lipinski definition) is 5. The van der Waals surface area contributed by atoms with Crippen LogP contribution < -0.4 is 4.74 Å². The molecule has 0 spiro atoms. The van der Waals surface area contributed by atoms with E-state index in [9.17, 15) is 29.4 Å². The monoisotopic (exact) mass is 870 g/mol. The largest absolute Gasteiger partial charge is 0.478 e. The minimum Gasteiger partial charge on any atom is -0.478 e. The first kappa shape index (κ1) is 41.8. The zero-order valence-electron chi connectivity index (χ0n) is 35.7. The molecule has 7 nitrogen and oxygen atoms in total. The van der Waals surface area contributed by atoms with Gasteiger partial charge < -0.3 is 14.9 Å². The lowest BCUT2D eigenvalue weighted by Gasteiger charge is -2.15. The summed E-state index contributed by atoms with van der Waals surface area (Å²) < 4.78 is 6.45. The van der Waals surface area contributed by atoms with E-state index in [-0.39, 0.29) is 22.7 Å². The number of carbonyl (C=O) groups excluding carboxylic acids is 2. The van der Waals surface area contributed by atoms with Crippen molar-refractivity contribution in [2.45, 2.75) is 0 Å². The third kappa shape index (κ3) is 7.92. The maximum atomic E-state index is 14.7. The van der Waals surface area contributed by atoms with Crippen LogP contribution in [0.4, 0.5) is 0 Å². The minimum atomic E-state index is -1.04. The van der Waals surface area contributed by atoms with Crippen molar-refractivity contribution < 1.29 is 34.1 Å². The molecule has 10 rings (SSSR count). The molecule has 0 aliphatic heterocycles. The number of carboxylic acid groups (broad SMARTS) is 2. The lowest BCUT2D eigenvalue weighted by molar-refractivity contribution is -0.109. The fourth-order valence-electron chi connectivity index (χ4n) is 8.95. The van der Waals surface area contributed by atoms with Gasteiger partial charge in [0.05, 0.1) is 11.1 Å². The van der Waals surface area contributed by atoms with Gasteiger partial charge in [-0.1, -0.05) is 170 Å². The van der Waals surface area contributed by atoms with Crippen molar-refractivity contribution in [2.75, 3.05) is 0 Å². The molecule has 0 bridgehead atoms. The Hall–Kier alpha value is -9.20. The summed E-state index contributed by atoms with van der Waals surface area (Å²) in [6, 6.07) is 66.5. The number of rotatable bonds is 12. The number of allylic oxidation sites excluding steroid dienone is 8. The predicted octanol–water partition coefficient (Wildman–Crippen LogP) is 13.1. The SMILES string of the molecule is O=C1C(c2ccccc2)=C(c2ccc(Oc3ccc(C4=C(c5ccccc5)C(=O)C(c5ccccc5)=C4c4ccc(C(=O)O)cc4)cc3)cc2)C(c2ccc(C(=O)O)cc2)=C1c1ccccc1. The van der Waals surface area contributed by atoms with E-state index in [1.807, 2.05) is 170 Å². The third-order valence-corrected chi connectivity index (χ3v) is 12.0. The second-order valence-corrected chi connectivity index (χ2v) is 16.0. The molecular weight excluding hydrogens is 833 g/mol. The number of Topliss-reactive ketones (excluding diaryl/α,β-unsaturated/α-hetero) is 2. The molecular formula is C60H38O7. The smallest absolute Gasteiger partial charge is 0.335 e. The van der Waals surface area contributed by atoms with Crippen molar-refractivity contribution >= 4 is 68.1 Å². The van der Waals surface area contributed by atoms with Crippen molar-refractivity contribution in [3.05, 3.63) is 274 Å². The van der Waals surface area contributed by atoms with Gasteiger partial charge >= 0.3 is 11.9 Å². The summed E-state index contributed by atoms with van der Waals surface area (Å²) in [5.41, 5.74) is 11.2. The predicted molar refractivity (Wildman–Crippen MR) is 263 cm³/mol. The van der Waals surface area contributed by atoms with Gasteiger partial charge in [0.2, 0.25) is 0 Å². The van der Waals surface area contributed by atoms with E-state index in [1.54, 1.807) is 48.5 Å². The highest BCUT2D eigenvalue weighted by Gasteiger charge is 2.37. The highest BCUT2D eigenvalue weighted by molar-refractivity contribution is 6.60. The summed E-state index contributed by atoms with van der Waals surface area (Å²) in [4.78, 5) is 53.2. The fourth-order valence-corrected chi connectivity index (χ4v) is 8.95. The van der Waals surface area contributed by atoms with Crippen LogP contribution in [-0.2, 0) is 9.59 Å². The van der Waals surface area contributed by atoms with Crippen LogP contribution in [0.15, 0.2) is 218 Å². The van der Waals surface area contributed by atoms with Crippen LogP contribution in [0.25, 0.3) is 44.6 Å². The van der Waals surface area contributed by atoms with E-state index in [0.29, 0.717) is 56.1 Å². The van der Waals surface area contributed by atoms with Gasteiger partial charge in [-0.2, -0.15) is 0 Å². The first-order valence-corrected chi connectivity index (χ1v) is 21.6. The Bertz CT molecular complexity index is 3130. The number of aromatic carboxylic acids is 2. The van der Waals surface area contributed by atoms with Crippen LogP contribution in [-0.4, -0.2) is 33.7 Å². The van der Waals surface area contributed by atoms with Crippen LogP contribution >= 0.6 is 0 Å². The normalized spacial score (nSPS) is 13.7. The van der Waals surface area contributed by atoms with Gasteiger partial charge in [-0.15, -0.1) is 0 Å². The maximum Gasteiger partial charge on any atom is 0.335 e. The Labute approximate surface area is 386 Å². The molecule has 0 saturated carbocycles. The van der Waals surface area contributed by atoms with Crippen LogP contribution in [0.2, 0.25) is 0 Å². The number of ether oxygens (including phenoxy) is 1. The second-order valence-electron chi connectivity index (χ2n) is 16.0. The molecule has 0 radical (unpaired) electrons. The van der Waals surface area contributed by atoms with Gasteiger partial charge in [0.15, 0.2) is 11.6 Å². The van der Waals surface area contributed by atoms with Crippen molar-refractivity contribution in [1.29, 1.82) is 0 Å². The third-order valence-electron chi connectivity index (χ3n) is 12.0. The molecule has 2 aliphatic rings. The zero-order chi connectivity index (χ0) is 46.0. The average molecular weight is 871 g/mol. The standard InChI is InChI=1S/C60H38O7/c61-57-53(37-13-5-1-6-14-37)49(41-21-25-45(26-22-41)59(63)64)51(55(57)39-17-9-3-10-18-39)43-29-33-47(34-30-43)67-48-35-31-44(32-36-48)52-50(42-23-27-46(28-24-42)60(65)66)54(38-15-7-2-8-16-38)58(62)56(52)40-19-11-4-12-20-40/h1-36H,(H,63,64)(H,65,66). The van der Waals surface area contributed by atoms with E-state index >= 15 is 0 Å². The topological polar surface area (TPSA) is 118 Å². The van der Waals surface area contributed by atoms with E-state index in [0.717, 1.165) is 44.5 Å². The lowest BCUT2D eigenvalue weighted by atomic mass is 9.89. The quantitative estimate of drug-likeness (QED) is 0.125. The van der Waals surface area contributed by atoms with E-state index in [2.05, 4.69) is 0 Å². The van der Waals surface area contributed by atoms with Crippen LogP contribution in [0.5, 0.6) is 11.5 Å². The molecule has 8 aromatic rings. The van der Waals surface area contributed by atoms with Crippen molar-refractivity contribution in [2.24, 2.45) is 0 Å². The van der Waals surface area contributed by atoms with Crippen LogP contribution in [0.3, 0.4) is 0 Å². The maximum absolute atomic E-state index is 14.7. The molecule has 7 heteroatoms. The van der Waals surface area contributed by atoms with Gasteiger partial charge in [0.25, 0.3) is 0 Å². The zero-order valence-corrected chi connectivity index (χ0v) is 35.7. The molecule has 0 saturated heterocycles. The molecule has 67 heavy (non-hydrogen) atoms. The van der Waals surface area contributed by atoms with Gasteiger partial charge in [-0.05, 0) is 93.0 Å². The van der Waals surface area contributed by atoms with Crippen molar-refractivity contribution in [3.63, 3.8) is 0 Å². The number of ketones is 2. The Balaban J connectivity index is 1.04. The first-order chi connectivity index (χ1) is 32.7. The summed E-state index contributed by atoms with van der Waals surface area (Å²) in [5, 5.41) is 19.4. The summed E-state index contributed by atoms with van der Waals surface area (Å²) in [7, 11) is 0. The summed E-state index contributed by atoms with van der Waals surface area (Å²) in [6.07, 6.45) is 0. The van der Waals surface area contributed by atoms with Gasteiger partial charge in [-0.25, -0.2) is 9.59 Å².